The summed E-state index contributed by atoms with van der Waals surface area (Å²) in [7, 11) is 1.62. The second-order valence-electron chi connectivity index (χ2n) is 5.84. The average molecular weight is 384 g/mol. The van der Waals surface area contributed by atoms with Gasteiger partial charge in [-0.1, -0.05) is 19.1 Å². The zero-order chi connectivity index (χ0) is 18.8. The van der Waals surface area contributed by atoms with Gasteiger partial charge >= 0.3 is 0 Å². The predicted octanol–water partition coefficient (Wildman–Crippen LogP) is 1.18. The Bertz CT molecular complexity index is 561. The number of amides is 1. The van der Waals surface area contributed by atoms with Gasteiger partial charge in [0.15, 0.2) is 11.5 Å². The molecule has 1 fully saturated rings. The van der Waals surface area contributed by atoms with E-state index >= 15 is 0 Å². The van der Waals surface area contributed by atoms with Gasteiger partial charge in [0.05, 0.1) is 13.7 Å². The Morgan fingerprint density at radius 2 is 2.19 bits per heavy atom. The third kappa shape index (κ3) is 6.05. The van der Waals surface area contributed by atoms with E-state index in [0.717, 1.165) is 18.8 Å². The standard InChI is InChI=1S/C18H29N3O4S/c1-3-20(19-9-12-22)10-8-17(23)21-11-13-26-18(21)14-25-16-7-5-4-6-15(16)24-2/h4-7,18-19,22H,3,8-14H2,1-2H3. The zero-order valence-corrected chi connectivity index (χ0v) is 16.3. The van der Waals surface area contributed by atoms with Crippen LogP contribution < -0.4 is 14.9 Å². The smallest absolute Gasteiger partial charge is 0.224 e. The minimum atomic E-state index is 0.0212. The van der Waals surface area contributed by atoms with E-state index in [0.29, 0.717) is 37.6 Å². The third-order valence-electron chi connectivity index (χ3n) is 4.19. The summed E-state index contributed by atoms with van der Waals surface area (Å²) in [6, 6.07) is 7.53. The summed E-state index contributed by atoms with van der Waals surface area (Å²) in [5.74, 6) is 2.45. The molecule has 0 bridgehead atoms. The molecule has 26 heavy (non-hydrogen) atoms. The number of hydrogen-bond acceptors (Lipinski definition) is 7. The highest BCUT2D eigenvalue weighted by molar-refractivity contribution is 8.00. The van der Waals surface area contributed by atoms with Crippen molar-refractivity contribution in [2.45, 2.75) is 18.7 Å². The van der Waals surface area contributed by atoms with Gasteiger partial charge in [-0.05, 0) is 12.1 Å². The molecule has 1 aliphatic rings. The van der Waals surface area contributed by atoms with Gasteiger partial charge in [0.25, 0.3) is 0 Å². The van der Waals surface area contributed by atoms with Crippen molar-refractivity contribution in [2.75, 3.05) is 52.3 Å². The quantitative estimate of drug-likeness (QED) is 0.556. The molecular formula is C18H29N3O4S. The van der Waals surface area contributed by atoms with Gasteiger partial charge < -0.3 is 19.5 Å². The Kier molecular flexibility index (Phi) is 9.04. The molecule has 1 unspecified atom stereocenters. The molecule has 0 aliphatic carbocycles. The van der Waals surface area contributed by atoms with E-state index in [1.807, 2.05) is 41.1 Å². The van der Waals surface area contributed by atoms with Gasteiger partial charge in [-0.25, -0.2) is 5.01 Å². The van der Waals surface area contributed by atoms with Crippen LogP contribution in [-0.2, 0) is 4.79 Å². The summed E-state index contributed by atoms with van der Waals surface area (Å²) in [6.45, 7) is 5.19. The van der Waals surface area contributed by atoms with Crippen LogP contribution in [0.2, 0.25) is 0 Å². The molecule has 0 saturated carbocycles. The summed E-state index contributed by atoms with van der Waals surface area (Å²) in [6.07, 6.45) is 0.442. The SMILES string of the molecule is CCN(CCC(=O)N1CCSC1COc1ccccc1OC)NCCO. The summed E-state index contributed by atoms with van der Waals surface area (Å²) >= 11 is 1.74. The number of rotatable bonds is 11. The fraction of sp³-hybridized carbons (Fsp3) is 0.611. The van der Waals surface area contributed by atoms with Crippen LogP contribution in [0.4, 0.5) is 0 Å². The van der Waals surface area contributed by atoms with Gasteiger partial charge in [0.1, 0.15) is 12.0 Å². The van der Waals surface area contributed by atoms with E-state index in [9.17, 15) is 4.79 Å². The van der Waals surface area contributed by atoms with Crippen molar-refractivity contribution in [3.8, 4) is 11.5 Å². The van der Waals surface area contributed by atoms with Gasteiger partial charge in [0.2, 0.25) is 5.91 Å². The van der Waals surface area contributed by atoms with Crippen molar-refractivity contribution in [1.82, 2.24) is 15.3 Å². The number of benzene rings is 1. The molecule has 1 aliphatic heterocycles. The van der Waals surface area contributed by atoms with E-state index in [1.54, 1.807) is 18.9 Å². The van der Waals surface area contributed by atoms with Gasteiger partial charge in [-0.15, -0.1) is 11.8 Å². The maximum atomic E-state index is 12.6. The largest absolute Gasteiger partial charge is 0.493 e. The van der Waals surface area contributed by atoms with E-state index in [2.05, 4.69) is 5.43 Å². The molecular weight excluding hydrogens is 354 g/mol. The lowest BCUT2D eigenvalue weighted by Gasteiger charge is -2.26. The van der Waals surface area contributed by atoms with Crippen molar-refractivity contribution in [1.29, 1.82) is 0 Å². The first kappa shape index (κ1) is 20.8. The first-order valence-electron chi connectivity index (χ1n) is 8.95. The summed E-state index contributed by atoms with van der Waals surface area (Å²) < 4.78 is 11.2. The number of aliphatic hydroxyl groups excluding tert-OH is 1. The number of nitrogens with one attached hydrogen (secondary N) is 1. The number of hydrazine groups is 1. The molecule has 2 N–H and O–H groups in total. The summed E-state index contributed by atoms with van der Waals surface area (Å²) in [5.41, 5.74) is 3.10. The maximum absolute atomic E-state index is 12.6. The molecule has 146 valence electrons. The predicted molar refractivity (Wildman–Crippen MR) is 103 cm³/mol. The molecule has 7 nitrogen and oxygen atoms in total. The van der Waals surface area contributed by atoms with Crippen LogP contribution in [0, 0.1) is 0 Å². The van der Waals surface area contributed by atoms with E-state index < -0.39 is 0 Å². The molecule has 2 rings (SSSR count). The first-order chi connectivity index (χ1) is 12.7. The highest BCUT2D eigenvalue weighted by Crippen LogP contribution is 2.29. The summed E-state index contributed by atoms with van der Waals surface area (Å²) in [4.78, 5) is 14.5. The molecule has 0 radical (unpaired) electrons. The Morgan fingerprint density at radius 3 is 2.88 bits per heavy atom. The van der Waals surface area contributed by atoms with Crippen LogP contribution >= 0.6 is 11.8 Å². The van der Waals surface area contributed by atoms with Gasteiger partial charge in [-0.2, -0.15) is 0 Å². The van der Waals surface area contributed by atoms with Crippen LogP contribution in [0.5, 0.6) is 11.5 Å². The lowest BCUT2D eigenvalue weighted by molar-refractivity contribution is -0.132. The van der Waals surface area contributed by atoms with Gasteiger partial charge in [0, 0.05) is 38.4 Å². The lowest BCUT2D eigenvalue weighted by Crippen LogP contribution is -2.43. The normalized spacial score (nSPS) is 16.9. The van der Waals surface area contributed by atoms with Crippen LogP contribution in [0.25, 0.3) is 0 Å². The number of nitrogens with zero attached hydrogens (tertiary/aromatic N) is 2. The lowest BCUT2D eigenvalue weighted by atomic mass is 10.3. The molecule has 1 atom stereocenters. The van der Waals surface area contributed by atoms with Crippen LogP contribution in [-0.4, -0.2) is 78.6 Å². The number of carbonyl (C=O) groups is 1. The molecule has 0 aromatic heterocycles. The monoisotopic (exact) mass is 383 g/mol. The number of methoxy groups -OCH3 is 1. The Morgan fingerprint density at radius 1 is 1.42 bits per heavy atom. The van der Waals surface area contributed by atoms with E-state index in [1.165, 1.54) is 0 Å². The highest BCUT2D eigenvalue weighted by atomic mass is 32.2. The average Bonchev–Trinajstić information content (AvgIpc) is 3.15. The van der Waals surface area contributed by atoms with Crippen LogP contribution in [0.3, 0.4) is 0 Å². The molecule has 1 amide bonds. The minimum absolute atomic E-state index is 0.0212. The molecule has 1 aromatic carbocycles. The van der Waals surface area contributed by atoms with Crippen molar-refractivity contribution in [3.05, 3.63) is 24.3 Å². The molecule has 1 heterocycles. The Labute approximate surface area is 159 Å². The number of para-hydroxylation sites is 2. The zero-order valence-electron chi connectivity index (χ0n) is 15.5. The fourth-order valence-corrected chi connectivity index (χ4v) is 3.92. The molecule has 8 heteroatoms. The first-order valence-corrected chi connectivity index (χ1v) is 10.0. The molecule has 1 saturated heterocycles. The fourth-order valence-electron chi connectivity index (χ4n) is 2.77. The Balaban J connectivity index is 1.83. The number of aliphatic hydroxyl groups is 1. The number of hydrogen-bond donors (Lipinski definition) is 2. The number of ether oxygens (including phenoxy) is 2. The van der Waals surface area contributed by atoms with Crippen molar-refractivity contribution in [2.24, 2.45) is 0 Å². The van der Waals surface area contributed by atoms with Gasteiger partial charge in [-0.3, -0.25) is 10.2 Å². The van der Waals surface area contributed by atoms with Crippen molar-refractivity contribution in [3.63, 3.8) is 0 Å². The summed E-state index contributed by atoms with van der Waals surface area (Å²) in [5, 5.41) is 10.9. The number of carbonyl (C=O) groups excluding carboxylic acids is 1. The van der Waals surface area contributed by atoms with Crippen LogP contribution in [0.15, 0.2) is 24.3 Å². The number of thioether (sulfide) groups is 1. The topological polar surface area (TPSA) is 74.3 Å². The molecule has 1 aromatic rings. The second-order valence-corrected chi connectivity index (χ2v) is 7.12. The molecule has 0 spiro atoms. The Hall–Kier alpha value is -1.48. The van der Waals surface area contributed by atoms with Crippen molar-refractivity contribution >= 4 is 17.7 Å². The van der Waals surface area contributed by atoms with E-state index in [4.69, 9.17) is 14.6 Å². The van der Waals surface area contributed by atoms with Crippen LogP contribution in [0.1, 0.15) is 13.3 Å². The minimum Gasteiger partial charge on any atom is -0.493 e. The highest BCUT2D eigenvalue weighted by Gasteiger charge is 2.30. The van der Waals surface area contributed by atoms with E-state index in [-0.39, 0.29) is 17.9 Å². The second kappa shape index (κ2) is 11.3. The van der Waals surface area contributed by atoms with Crippen molar-refractivity contribution < 1.29 is 19.4 Å². The maximum Gasteiger partial charge on any atom is 0.224 e. The third-order valence-corrected chi connectivity index (χ3v) is 5.38.